The molecule has 0 heterocycles. The molecule has 9 heteroatoms. The van der Waals surface area contributed by atoms with Crippen LogP contribution in [0.15, 0.2) is 30.3 Å². The van der Waals surface area contributed by atoms with Gasteiger partial charge in [0.15, 0.2) is 0 Å². The topological polar surface area (TPSA) is 43.4 Å². The number of hydrogen-bond donors (Lipinski definition) is 0. The van der Waals surface area contributed by atoms with Crippen LogP contribution in [-0.2, 0) is 10.1 Å². The highest BCUT2D eigenvalue weighted by atomic mass is 79.9. The maximum Gasteiger partial charge on any atom is 0.534 e. The second-order valence-electron chi connectivity index (χ2n) is 3.52. The zero-order valence-corrected chi connectivity index (χ0v) is 13.8. The fourth-order valence-electron chi connectivity index (χ4n) is 1.24. The first-order valence-electron chi connectivity index (χ1n) is 5.13. The lowest BCUT2D eigenvalue weighted by Crippen LogP contribution is -2.28. The van der Waals surface area contributed by atoms with Gasteiger partial charge in [0.25, 0.3) is 0 Å². The molecule has 0 saturated heterocycles. The second kappa shape index (κ2) is 6.95. The maximum atomic E-state index is 12.1. The maximum absolute atomic E-state index is 12.1. The Bertz CT molecular complexity index is 580. The summed E-state index contributed by atoms with van der Waals surface area (Å²) in [7, 11) is -5.63. The third-order valence-electron chi connectivity index (χ3n) is 2.18. The Kier molecular flexibility index (Phi) is 6.08. The molecule has 0 saturated carbocycles. The molecule has 0 aromatic heterocycles. The molecule has 0 aliphatic rings. The number of hydrogen-bond acceptors (Lipinski definition) is 3. The van der Waals surface area contributed by atoms with Crippen molar-refractivity contribution in [1.82, 2.24) is 0 Å². The quantitative estimate of drug-likeness (QED) is 0.396. The van der Waals surface area contributed by atoms with Crippen LogP contribution in [0, 0.1) is 0 Å². The van der Waals surface area contributed by atoms with Crippen molar-refractivity contribution in [2.75, 3.05) is 10.7 Å². The van der Waals surface area contributed by atoms with Crippen LogP contribution in [0.3, 0.4) is 0 Å². The first kappa shape index (κ1) is 17.5. The highest BCUT2D eigenvalue weighted by Gasteiger charge is 2.48. The molecule has 0 spiro atoms. The number of alkyl halides is 5. The molecule has 0 aliphatic carbocycles. The Morgan fingerprint density at radius 2 is 1.75 bits per heavy atom. The van der Waals surface area contributed by atoms with Crippen LogP contribution in [0.5, 0.6) is 5.75 Å². The van der Waals surface area contributed by atoms with Crippen LogP contribution in [0.4, 0.5) is 13.2 Å². The van der Waals surface area contributed by atoms with Gasteiger partial charge in [-0.15, -0.1) is 0 Å². The van der Waals surface area contributed by atoms with Crippen molar-refractivity contribution in [2.24, 2.45) is 0 Å². The van der Waals surface area contributed by atoms with Gasteiger partial charge >= 0.3 is 15.6 Å². The van der Waals surface area contributed by atoms with Crippen LogP contribution in [-0.4, -0.2) is 24.6 Å². The normalized spacial score (nSPS) is 13.3. The number of halogens is 5. The molecule has 0 amide bonds. The van der Waals surface area contributed by atoms with Gasteiger partial charge in [-0.25, -0.2) is 0 Å². The monoisotopic (exact) mass is 436 g/mol. The van der Waals surface area contributed by atoms with Gasteiger partial charge in [-0.2, -0.15) is 21.6 Å². The molecule has 0 fully saturated rings. The Hall–Kier alpha value is -0.540. The van der Waals surface area contributed by atoms with E-state index >= 15 is 0 Å². The van der Waals surface area contributed by atoms with Gasteiger partial charge in [0.1, 0.15) is 5.75 Å². The summed E-state index contributed by atoms with van der Waals surface area (Å²) in [5, 5.41) is 1.17. The first-order chi connectivity index (χ1) is 9.21. The summed E-state index contributed by atoms with van der Waals surface area (Å²) < 4.78 is 62.1. The van der Waals surface area contributed by atoms with Gasteiger partial charge in [-0.05, 0) is 23.3 Å². The molecule has 1 rings (SSSR count). The molecule has 0 unspecified atom stereocenters. The zero-order chi connectivity index (χ0) is 15.4. The van der Waals surface area contributed by atoms with E-state index in [1.54, 1.807) is 0 Å². The summed E-state index contributed by atoms with van der Waals surface area (Å²) in [6, 6.07) is 5.31. The average Bonchev–Trinajstić information content (AvgIpc) is 2.35. The molecule has 0 aliphatic heterocycles. The number of allylic oxidation sites excluding steroid dienone is 2. The second-order valence-corrected chi connectivity index (χ2v) is 6.27. The van der Waals surface area contributed by atoms with Gasteiger partial charge in [0.05, 0.1) is 0 Å². The van der Waals surface area contributed by atoms with Crippen molar-refractivity contribution in [2.45, 2.75) is 5.51 Å². The summed E-state index contributed by atoms with van der Waals surface area (Å²) >= 11 is 6.52. The molecule has 0 radical (unpaired) electrons. The SMILES string of the molecule is O=S(=O)(Oc1ccc(C(=CCBr)CBr)cc1)C(F)(F)F. The van der Waals surface area contributed by atoms with E-state index in [-0.39, 0.29) is 5.75 Å². The van der Waals surface area contributed by atoms with Crippen molar-refractivity contribution in [3.05, 3.63) is 35.9 Å². The largest absolute Gasteiger partial charge is 0.534 e. The minimum Gasteiger partial charge on any atom is -0.376 e. The van der Waals surface area contributed by atoms with Crippen LogP contribution < -0.4 is 4.18 Å². The summed E-state index contributed by atoms with van der Waals surface area (Å²) in [6.45, 7) is 0. The van der Waals surface area contributed by atoms with Crippen molar-refractivity contribution in [3.63, 3.8) is 0 Å². The van der Waals surface area contributed by atoms with Crippen molar-refractivity contribution < 1.29 is 25.8 Å². The highest BCUT2D eigenvalue weighted by Crippen LogP contribution is 2.28. The molecule has 3 nitrogen and oxygen atoms in total. The van der Waals surface area contributed by atoms with E-state index in [0.717, 1.165) is 11.1 Å². The fraction of sp³-hybridized carbons (Fsp3) is 0.273. The Balaban J connectivity index is 2.96. The molecule has 1 aromatic rings. The minimum absolute atomic E-state index is 0.390. The molecular weight excluding hydrogens is 429 g/mol. The summed E-state index contributed by atoms with van der Waals surface area (Å²) in [5.41, 5.74) is -3.78. The molecule has 1 aromatic carbocycles. The van der Waals surface area contributed by atoms with Gasteiger partial charge in [0, 0.05) is 10.7 Å². The lowest BCUT2D eigenvalue weighted by molar-refractivity contribution is -0.0500. The highest BCUT2D eigenvalue weighted by molar-refractivity contribution is 9.09. The molecule has 0 atom stereocenters. The Morgan fingerprint density at radius 1 is 1.20 bits per heavy atom. The van der Waals surface area contributed by atoms with Gasteiger partial charge in [0.2, 0.25) is 0 Å². The van der Waals surface area contributed by atoms with Crippen LogP contribution >= 0.6 is 31.9 Å². The third kappa shape index (κ3) is 4.49. The predicted octanol–water partition coefficient (Wildman–Crippen LogP) is 4.09. The van der Waals surface area contributed by atoms with E-state index in [1.807, 2.05) is 6.08 Å². The number of benzene rings is 1. The molecular formula is C11H9Br2F3O3S. The molecule has 20 heavy (non-hydrogen) atoms. The van der Waals surface area contributed by atoms with E-state index in [9.17, 15) is 21.6 Å². The average molecular weight is 438 g/mol. The summed E-state index contributed by atoms with van der Waals surface area (Å²) in [6.07, 6.45) is 1.87. The van der Waals surface area contributed by atoms with E-state index in [0.29, 0.717) is 10.7 Å². The van der Waals surface area contributed by atoms with Crippen LogP contribution in [0.2, 0.25) is 0 Å². The van der Waals surface area contributed by atoms with Crippen LogP contribution in [0.1, 0.15) is 5.56 Å². The van der Waals surface area contributed by atoms with E-state index < -0.39 is 15.6 Å². The van der Waals surface area contributed by atoms with Crippen molar-refractivity contribution in [1.29, 1.82) is 0 Å². The fourth-order valence-corrected chi connectivity index (χ4v) is 2.64. The summed E-state index contributed by atoms with van der Waals surface area (Å²) in [5.74, 6) is -0.390. The molecule has 0 bridgehead atoms. The van der Waals surface area contributed by atoms with Gasteiger partial charge in [-0.3, -0.25) is 0 Å². The Morgan fingerprint density at radius 3 is 2.15 bits per heavy atom. The molecule has 0 N–H and O–H groups in total. The predicted molar refractivity (Wildman–Crippen MR) is 77.6 cm³/mol. The molecule has 112 valence electrons. The van der Waals surface area contributed by atoms with E-state index in [2.05, 4.69) is 36.0 Å². The lowest BCUT2D eigenvalue weighted by atomic mass is 10.1. The van der Waals surface area contributed by atoms with Gasteiger partial charge < -0.3 is 4.18 Å². The zero-order valence-electron chi connectivity index (χ0n) is 9.82. The standard InChI is InChI=1S/C11H9Br2F3O3S/c12-6-5-9(7-13)8-1-3-10(4-2-8)19-20(17,18)11(14,15)16/h1-5H,6-7H2. The van der Waals surface area contributed by atoms with E-state index in [1.165, 1.54) is 24.3 Å². The minimum atomic E-state index is -5.63. The Labute approximate surface area is 131 Å². The number of rotatable bonds is 5. The smallest absolute Gasteiger partial charge is 0.376 e. The van der Waals surface area contributed by atoms with Crippen molar-refractivity contribution in [3.8, 4) is 5.75 Å². The summed E-state index contributed by atoms with van der Waals surface area (Å²) in [4.78, 5) is 0. The van der Waals surface area contributed by atoms with Crippen LogP contribution in [0.25, 0.3) is 5.57 Å². The van der Waals surface area contributed by atoms with Gasteiger partial charge in [-0.1, -0.05) is 50.1 Å². The lowest BCUT2D eigenvalue weighted by Gasteiger charge is -2.10. The third-order valence-corrected chi connectivity index (χ3v) is 4.09. The first-order valence-corrected chi connectivity index (χ1v) is 8.78. The van der Waals surface area contributed by atoms with E-state index in [4.69, 9.17) is 0 Å². The van der Waals surface area contributed by atoms with Crippen molar-refractivity contribution >= 4 is 47.6 Å².